The number of hydrogen-bond acceptors (Lipinski definition) is 10. The molecule has 1 unspecified atom stereocenters. The zero-order valence-corrected chi connectivity index (χ0v) is 18.4. The Balaban J connectivity index is 1.60. The van der Waals surface area contributed by atoms with E-state index < -0.39 is 37.3 Å². The van der Waals surface area contributed by atoms with Crippen LogP contribution in [0.25, 0.3) is 0 Å². The van der Waals surface area contributed by atoms with Gasteiger partial charge in [-0.15, -0.1) is 0 Å². The molecule has 0 amide bonds. The monoisotopic (exact) mass is 461 g/mol. The largest absolute Gasteiger partial charge is 0.465 e. The molecule has 33 heavy (non-hydrogen) atoms. The highest BCUT2D eigenvalue weighted by Gasteiger charge is 2.45. The zero-order chi connectivity index (χ0) is 23.4. The number of rotatable bonds is 9. The van der Waals surface area contributed by atoms with Crippen molar-refractivity contribution in [3.8, 4) is 0 Å². The molecule has 2 aliphatic heterocycles. The maximum Gasteiger partial charge on any atom is 0.292 e. The lowest BCUT2D eigenvalue weighted by atomic mass is 10.1. The van der Waals surface area contributed by atoms with E-state index in [-0.39, 0.29) is 18.7 Å². The topological polar surface area (TPSA) is 154 Å². The molecule has 1 aromatic heterocycles. The summed E-state index contributed by atoms with van der Waals surface area (Å²) in [4.78, 5) is 8.97. The third-order valence-electron chi connectivity index (χ3n) is 5.73. The molecule has 1 aromatic carbocycles. The van der Waals surface area contributed by atoms with E-state index in [1.807, 2.05) is 37.3 Å². The number of benzene rings is 1. The molecule has 0 saturated carbocycles. The van der Waals surface area contributed by atoms with Gasteiger partial charge in [0.2, 0.25) is 0 Å². The highest BCUT2D eigenvalue weighted by molar-refractivity contribution is 5.79. The van der Waals surface area contributed by atoms with E-state index in [0.717, 1.165) is 12.0 Å². The van der Waals surface area contributed by atoms with Gasteiger partial charge in [0.15, 0.2) is 12.0 Å². The average molecular weight is 462 g/mol. The van der Waals surface area contributed by atoms with Crippen LogP contribution in [0.5, 0.6) is 0 Å². The van der Waals surface area contributed by atoms with Gasteiger partial charge < -0.3 is 35.2 Å². The molecular weight excluding hydrogens is 430 g/mol. The second kappa shape index (κ2) is 10.6. The Morgan fingerprint density at radius 1 is 1.21 bits per heavy atom. The van der Waals surface area contributed by atoms with Gasteiger partial charge in [0.05, 0.1) is 26.1 Å². The lowest BCUT2D eigenvalue weighted by molar-refractivity contribution is -0.0520. The maximum atomic E-state index is 10.5. The fourth-order valence-electron chi connectivity index (χ4n) is 4.01. The molecule has 180 valence electrons. The number of fused-ring (bicyclic) bond motifs is 1. The van der Waals surface area contributed by atoms with Crippen molar-refractivity contribution >= 4 is 11.8 Å². The molecule has 1 saturated heterocycles. The first-order chi connectivity index (χ1) is 16.0. The van der Waals surface area contributed by atoms with Crippen LogP contribution in [-0.2, 0) is 15.9 Å². The molecule has 2 aromatic rings. The van der Waals surface area contributed by atoms with Gasteiger partial charge >= 0.3 is 0 Å². The normalized spacial score (nSPS) is 27.5. The zero-order valence-electron chi connectivity index (χ0n) is 18.4. The van der Waals surface area contributed by atoms with E-state index in [1.165, 1.54) is 10.9 Å². The van der Waals surface area contributed by atoms with Crippen LogP contribution in [0.2, 0.25) is 0 Å². The molecule has 0 bridgehead atoms. The number of amidine groups is 1. The first kappa shape index (κ1) is 23.6. The number of aliphatic hydroxyl groups is 4. The molecule has 2 aliphatic rings. The minimum atomic E-state index is -1.26. The second-order valence-corrected chi connectivity index (χ2v) is 8.17. The number of aliphatic hydroxyl groups excluding tert-OH is 4. The van der Waals surface area contributed by atoms with Gasteiger partial charge in [-0.05, 0) is 18.4 Å². The predicted octanol–water partition coefficient (Wildman–Crippen LogP) is -0.296. The van der Waals surface area contributed by atoms with Crippen molar-refractivity contribution in [3.05, 3.63) is 47.9 Å². The van der Waals surface area contributed by atoms with Crippen molar-refractivity contribution in [1.82, 2.24) is 20.2 Å². The third kappa shape index (κ3) is 5.03. The molecule has 0 radical (unpaired) electrons. The van der Waals surface area contributed by atoms with Crippen LogP contribution in [0.3, 0.4) is 0 Å². The molecule has 11 nitrogen and oxygen atoms in total. The summed E-state index contributed by atoms with van der Waals surface area (Å²) in [5, 5.41) is 46.6. The smallest absolute Gasteiger partial charge is 0.292 e. The Morgan fingerprint density at radius 3 is 2.67 bits per heavy atom. The third-order valence-corrected chi connectivity index (χ3v) is 5.73. The molecule has 0 aliphatic carbocycles. The lowest BCUT2D eigenvalue weighted by Gasteiger charge is -2.29. The van der Waals surface area contributed by atoms with Crippen LogP contribution >= 0.6 is 0 Å². The Bertz CT molecular complexity index is 939. The summed E-state index contributed by atoms with van der Waals surface area (Å²) >= 11 is 0. The van der Waals surface area contributed by atoms with Gasteiger partial charge in [-0.1, -0.05) is 37.3 Å². The van der Waals surface area contributed by atoms with Crippen molar-refractivity contribution in [3.63, 3.8) is 0 Å². The number of nitrogens with zero attached hydrogens (tertiary/aromatic N) is 3. The Hall–Kier alpha value is -2.54. The summed E-state index contributed by atoms with van der Waals surface area (Å²) in [5.74, 6) is 0.392. The molecule has 3 heterocycles. The summed E-state index contributed by atoms with van der Waals surface area (Å²) < 4.78 is 12.9. The van der Waals surface area contributed by atoms with Gasteiger partial charge in [0.1, 0.15) is 30.2 Å². The Kier molecular flexibility index (Phi) is 7.58. The molecule has 11 heteroatoms. The van der Waals surface area contributed by atoms with Gasteiger partial charge in [-0.2, -0.15) is 4.99 Å². The number of imidazole rings is 1. The number of ether oxygens (including phenoxy) is 2. The molecule has 4 rings (SSSR count). The van der Waals surface area contributed by atoms with Crippen LogP contribution in [0.1, 0.15) is 37.0 Å². The maximum absolute atomic E-state index is 10.5. The standard InChI is InChI=1S/C22H31N5O6/c1-2-8-32-22-25-19(24-14(10-28)9-13-6-4-3-5-7-13)16-20(26-22)27(12-23-16)21-18(31)17(30)15(11-29)33-21/h3-7,12,14-15,17-19,21,24,28-31H,2,8-11H2,1H3,(H,25,26)/t14?,15-,17-,18-,19+,21-/m1/s1. The van der Waals surface area contributed by atoms with Crippen molar-refractivity contribution in [2.75, 3.05) is 19.8 Å². The van der Waals surface area contributed by atoms with E-state index in [1.54, 1.807) is 0 Å². The minimum absolute atomic E-state index is 0.0970. The van der Waals surface area contributed by atoms with E-state index in [9.17, 15) is 20.4 Å². The van der Waals surface area contributed by atoms with Crippen LogP contribution in [0, 0.1) is 0 Å². The van der Waals surface area contributed by atoms with Gasteiger partial charge in [0, 0.05) is 6.04 Å². The number of aliphatic imine (C=N–C) groups is 1. The molecular formula is C22H31N5O6. The number of aromatic nitrogens is 2. The first-order valence-electron chi connectivity index (χ1n) is 11.1. The van der Waals surface area contributed by atoms with Crippen LogP contribution in [-0.4, -0.2) is 80.2 Å². The predicted molar refractivity (Wildman–Crippen MR) is 119 cm³/mol. The summed E-state index contributed by atoms with van der Waals surface area (Å²) in [6, 6.07) is 9.83. The summed E-state index contributed by atoms with van der Waals surface area (Å²) in [7, 11) is 0. The molecule has 0 spiro atoms. The second-order valence-electron chi connectivity index (χ2n) is 8.17. The molecule has 6 N–H and O–H groups in total. The SMILES string of the molecule is CCCOC1=Nc2c(ncn2[C@@H]2O[C@H](CO)[C@@H](O)[C@H]2O)[C@@H](NC(CO)Cc2ccccc2)N1. The minimum Gasteiger partial charge on any atom is -0.465 e. The van der Waals surface area contributed by atoms with E-state index in [4.69, 9.17) is 9.47 Å². The van der Waals surface area contributed by atoms with Crippen LogP contribution in [0.4, 0.5) is 5.82 Å². The molecule has 6 atom stereocenters. The van der Waals surface area contributed by atoms with E-state index >= 15 is 0 Å². The van der Waals surface area contributed by atoms with Gasteiger partial charge in [-0.3, -0.25) is 9.88 Å². The number of nitrogens with one attached hydrogen (secondary N) is 2. The summed E-state index contributed by atoms with van der Waals surface area (Å²) in [5.41, 5.74) is 1.61. The fourth-order valence-corrected chi connectivity index (χ4v) is 4.01. The summed E-state index contributed by atoms with van der Waals surface area (Å²) in [6.45, 7) is 1.91. The van der Waals surface area contributed by atoms with Crippen molar-refractivity contribution in [2.24, 2.45) is 4.99 Å². The van der Waals surface area contributed by atoms with Gasteiger partial charge in [-0.25, -0.2) is 4.98 Å². The van der Waals surface area contributed by atoms with Crippen LogP contribution < -0.4 is 10.6 Å². The Labute approximate surface area is 191 Å². The fraction of sp³-hybridized carbons (Fsp3) is 0.545. The lowest BCUT2D eigenvalue weighted by Crippen LogP contribution is -2.47. The van der Waals surface area contributed by atoms with E-state index in [2.05, 4.69) is 20.6 Å². The van der Waals surface area contributed by atoms with Crippen LogP contribution in [0.15, 0.2) is 41.7 Å². The van der Waals surface area contributed by atoms with Crippen molar-refractivity contribution in [1.29, 1.82) is 0 Å². The quantitative estimate of drug-likeness (QED) is 0.295. The highest BCUT2D eigenvalue weighted by atomic mass is 16.6. The number of hydrogen-bond donors (Lipinski definition) is 6. The Morgan fingerprint density at radius 2 is 2.00 bits per heavy atom. The highest BCUT2D eigenvalue weighted by Crippen LogP contribution is 2.36. The molecule has 1 fully saturated rings. The summed E-state index contributed by atoms with van der Waals surface area (Å²) in [6.07, 6.45) is -2.06. The average Bonchev–Trinajstić information content (AvgIpc) is 3.38. The first-order valence-corrected chi connectivity index (χ1v) is 11.1. The van der Waals surface area contributed by atoms with Gasteiger partial charge in [0.25, 0.3) is 6.02 Å². The van der Waals surface area contributed by atoms with Crippen molar-refractivity contribution in [2.45, 2.75) is 56.5 Å². The van der Waals surface area contributed by atoms with Crippen molar-refractivity contribution < 1.29 is 29.9 Å². The van der Waals surface area contributed by atoms with E-state index in [0.29, 0.717) is 24.5 Å².